The minimum atomic E-state index is 0.264. The van der Waals surface area contributed by atoms with Crippen LogP contribution in [0.25, 0.3) is 5.57 Å². The molecular formula is C16H22O. The lowest BCUT2D eigenvalue weighted by molar-refractivity contribution is 0.409. The second kappa shape index (κ2) is 4.56. The molecule has 0 amide bonds. The predicted octanol–water partition coefficient (Wildman–Crippen LogP) is 4.55. The molecule has 1 aliphatic carbocycles. The largest absolute Gasteiger partial charge is 0.507 e. The third-order valence-electron chi connectivity index (χ3n) is 3.18. The van der Waals surface area contributed by atoms with Gasteiger partial charge in [-0.1, -0.05) is 39.0 Å². The molecule has 0 saturated heterocycles. The van der Waals surface area contributed by atoms with Crippen molar-refractivity contribution in [3.05, 3.63) is 35.4 Å². The van der Waals surface area contributed by atoms with E-state index in [2.05, 4.69) is 39.0 Å². The highest BCUT2D eigenvalue weighted by Gasteiger charge is 2.15. The van der Waals surface area contributed by atoms with Gasteiger partial charge in [0.1, 0.15) is 5.75 Å². The molecule has 0 aliphatic heterocycles. The van der Waals surface area contributed by atoms with Crippen LogP contribution in [0.2, 0.25) is 0 Å². The van der Waals surface area contributed by atoms with Gasteiger partial charge in [0.15, 0.2) is 0 Å². The van der Waals surface area contributed by atoms with Crippen LogP contribution < -0.4 is 0 Å². The van der Waals surface area contributed by atoms with Crippen molar-refractivity contribution in [1.82, 2.24) is 0 Å². The van der Waals surface area contributed by atoms with Gasteiger partial charge in [-0.3, -0.25) is 0 Å². The Balaban J connectivity index is 2.23. The fourth-order valence-electron chi connectivity index (χ4n) is 2.49. The molecule has 0 heterocycles. The number of hydrogen-bond donors (Lipinski definition) is 1. The minimum Gasteiger partial charge on any atom is -0.507 e. The van der Waals surface area contributed by atoms with Crippen LogP contribution in [0.5, 0.6) is 5.75 Å². The molecule has 1 aromatic carbocycles. The van der Waals surface area contributed by atoms with Crippen molar-refractivity contribution in [2.75, 3.05) is 0 Å². The lowest BCUT2D eigenvalue weighted by Gasteiger charge is -2.18. The number of rotatable bonds is 2. The van der Waals surface area contributed by atoms with E-state index < -0.39 is 0 Å². The van der Waals surface area contributed by atoms with Crippen LogP contribution in [0.4, 0.5) is 0 Å². The zero-order valence-electron chi connectivity index (χ0n) is 11.1. The summed E-state index contributed by atoms with van der Waals surface area (Å²) in [6.07, 6.45) is 6.72. The van der Waals surface area contributed by atoms with E-state index in [0.29, 0.717) is 5.75 Å². The van der Waals surface area contributed by atoms with Gasteiger partial charge in [0.25, 0.3) is 0 Å². The molecular weight excluding hydrogens is 208 g/mol. The van der Waals surface area contributed by atoms with Crippen LogP contribution in [0.1, 0.15) is 51.2 Å². The molecule has 2 rings (SSSR count). The van der Waals surface area contributed by atoms with Crippen LogP contribution in [0.15, 0.2) is 24.3 Å². The van der Waals surface area contributed by atoms with E-state index in [9.17, 15) is 5.11 Å². The summed E-state index contributed by atoms with van der Waals surface area (Å²) in [7, 11) is 0. The Morgan fingerprint density at radius 2 is 2.00 bits per heavy atom. The number of benzene rings is 1. The average molecular weight is 230 g/mol. The van der Waals surface area contributed by atoms with E-state index in [0.717, 1.165) is 24.8 Å². The van der Waals surface area contributed by atoms with E-state index in [4.69, 9.17) is 0 Å². The second-order valence-electron chi connectivity index (χ2n) is 6.21. The first-order valence-electron chi connectivity index (χ1n) is 6.47. The summed E-state index contributed by atoms with van der Waals surface area (Å²) in [6, 6.07) is 6.16. The molecule has 0 fully saturated rings. The highest BCUT2D eigenvalue weighted by molar-refractivity contribution is 5.71. The second-order valence-corrected chi connectivity index (χ2v) is 6.21. The molecule has 1 N–H and O–H groups in total. The summed E-state index contributed by atoms with van der Waals surface area (Å²) < 4.78 is 0. The van der Waals surface area contributed by atoms with Crippen molar-refractivity contribution in [3.8, 4) is 5.75 Å². The Kier molecular flexibility index (Phi) is 3.28. The Bertz CT molecular complexity index is 435. The van der Waals surface area contributed by atoms with Gasteiger partial charge < -0.3 is 5.11 Å². The van der Waals surface area contributed by atoms with E-state index in [1.807, 2.05) is 6.07 Å². The maximum atomic E-state index is 10.1. The van der Waals surface area contributed by atoms with E-state index >= 15 is 0 Å². The first-order valence-corrected chi connectivity index (χ1v) is 6.47. The summed E-state index contributed by atoms with van der Waals surface area (Å²) in [5, 5.41) is 10.1. The highest BCUT2D eigenvalue weighted by atomic mass is 16.3. The van der Waals surface area contributed by atoms with Crippen molar-refractivity contribution < 1.29 is 5.11 Å². The molecule has 0 aromatic heterocycles. The van der Waals surface area contributed by atoms with Crippen molar-refractivity contribution in [3.63, 3.8) is 0 Å². The van der Waals surface area contributed by atoms with Crippen molar-refractivity contribution in [2.24, 2.45) is 5.41 Å². The zero-order chi connectivity index (χ0) is 12.5. The normalized spacial score (nSPS) is 16.1. The molecule has 0 atom stereocenters. The van der Waals surface area contributed by atoms with Gasteiger partial charge in [-0.25, -0.2) is 0 Å². The first kappa shape index (κ1) is 12.2. The van der Waals surface area contributed by atoms with Gasteiger partial charge in [-0.2, -0.15) is 0 Å². The molecule has 1 heteroatoms. The van der Waals surface area contributed by atoms with Crippen LogP contribution in [-0.2, 0) is 6.42 Å². The lowest BCUT2D eigenvalue weighted by atomic mass is 9.87. The third kappa shape index (κ3) is 3.12. The predicted molar refractivity (Wildman–Crippen MR) is 73.1 cm³/mol. The topological polar surface area (TPSA) is 20.2 Å². The van der Waals surface area contributed by atoms with Crippen molar-refractivity contribution in [1.29, 1.82) is 0 Å². The van der Waals surface area contributed by atoms with Gasteiger partial charge >= 0.3 is 0 Å². The van der Waals surface area contributed by atoms with Crippen LogP contribution in [-0.4, -0.2) is 5.11 Å². The standard InChI is InChI=1S/C16H22O/c1-16(2,3)11-12-8-9-14(15(17)10-12)13-6-4-5-7-13/h6,8-10,17H,4-5,7,11H2,1-3H3. The summed E-state index contributed by atoms with van der Waals surface area (Å²) in [5.74, 6) is 0.444. The Hall–Kier alpha value is -1.24. The zero-order valence-corrected chi connectivity index (χ0v) is 11.1. The van der Waals surface area contributed by atoms with Crippen LogP contribution in [0.3, 0.4) is 0 Å². The Labute approximate surface area is 104 Å². The van der Waals surface area contributed by atoms with E-state index in [-0.39, 0.29) is 5.41 Å². The Morgan fingerprint density at radius 3 is 2.53 bits per heavy atom. The highest BCUT2D eigenvalue weighted by Crippen LogP contribution is 2.34. The van der Waals surface area contributed by atoms with Crippen molar-refractivity contribution >= 4 is 5.57 Å². The van der Waals surface area contributed by atoms with Gasteiger partial charge in [0, 0.05) is 5.56 Å². The molecule has 17 heavy (non-hydrogen) atoms. The maximum Gasteiger partial charge on any atom is 0.123 e. The smallest absolute Gasteiger partial charge is 0.123 e. The van der Waals surface area contributed by atoms with Gasteiger partial charge in [-0.05, 0) is 48.3 Å². The molecule has 0 spiro atoms. The van der Waals surface area contributed by atoms with E-state index in [1.165, 1.54) is 17.6 Å². The molecule has 0 saturated carbocycles. The van der Waals surface area contributed by atoms with Crippen LogP contribution in [0, 0.1) is 5.41 Å². The van der Waals surface area contributed by atoms with Gasteiger partial charge in [-0.15, -0.1) is 0 Å². The van der Waals surface area contributed by atoms with E-state index in [1.54, 1.807) is 0 Å². The summed E-state index contributed by atoms with van der Waals surface area (Å²) in [5.41, 5.74) is 3.82. The number of aromatic hydroxyl groups is 1. The molecule has 1 nitrogen and oxygen atoms in total. The average Bonchev–Trinajstić information content (AvgIpc) is 2.68. The Morgan fingerprint density at radius 1 is 1.24 bits per heavy atom. The lowest BCUT2D eigenvalue weighted by Crippen LogP contribution is -2.09. The number of hydrogen-bond acceptors (Lipinski definition) is 1. The fraction of sp³-hybridized carbons (Fsp3) is 0.500. The third-order valence-corrected chi connectivity index (χ3v) is 3.18. The fourth-order valence-corrected chi connectivity index (χ4v) is 2.49. The molecule has 0 unspecified atom stereocenters. The first-order chi connectivity index (χ1) is 7.96. The summed E-state index contributed by atoms with van der Waals surface area (Å²) in [4.78, 5) is 0. The number of allylic oxidation sites excluding steroid dienone is 2. The molecule has 92 valence electrons. The molecule has 0 bridgehead atoms. The maximum absolute atomic E-state index is 10.1. The molecule has 1 aromatic rings. The molecule has 0 radical (unpaired) electrons. The monoisotopic (exact) mass is 230 g/mol. The summed E-state index contributed by atoms with van der Waals surface area (Å²) in [6.45, 7) is 6.66. The molecule has 1 aliphatic rings. The van der Waals surface area contributed by atoms with Gasteiger partial charge in [0.05, 0.1) is 0 Å². The SMILES string of the molecule is CC(C)(C)Cc1ccc(C2=CCCC2)c(O)c1. The van der Waals surface area contributed by atoms with Crippen molar-refractivity contribution in [2.45, 2.75) is 46.5 Å². The number of phenols is 1. The van der Waals surface area contributed by atoms with Gasteiger partial charge in [0.2, 0.25) is 0 Å². The minimum absolute atomic E-state index is 0.264. The van der Waals surface area contributed by atoms with Crippen LogP contribution >= 0.6 is 0 Å². The quantitative estimate of drug-likeness (QED) is 0.790. The summed E-state index contributed by atoms with van der Waals surface area (Å²) >= 11 is 0. The number of phenolic OH excluding ortho intramolecular Hbond substituents is 1.